The van der Waals surface area contributed by atoms with E-state index < -0.39 is 10.0 Å². The number of benzene rings is 1. The smallest absolute Gasteiger partial charge is 0.211 e. The molecule has 0 atom stereocenters. The van der Waals surface area contributed by atoms with Crippen molar-refractivity contribution >= 4 is 10.0 Å². The fraction of sp³-hybridized carbons (Fsp3) is 0.600. The molecular formula is C15H24N2O5S. The lowest BCUT2D eigenvalue weighted by molar-refractivity contribution is 0.182. The molecule has 0 spiro atoms. The van der Waals surface area contributed by atoms with Gasteiger partial charge in [-0.1, -0.05) is 0 Å². The Labute approximate surface area is 137 Å². The Kier molecular flexibility index (Phi) is 5.72. The molecule has 0 amide bonds. The first kappa shape index (κ1) is 17.8. The standard InChI is InChI=1S/C15H24N2O5S/c1-20-13-9-12(10-14(21-2)15(13)22-3)11-16-5-7-17(8-6-16)23(4,18)19/h9-10H,5-8,11H2,1-4H3. The maximum absolute atomic E-state index is 11.5. The van der Waals surface area contributed by atoms with E-state index in [1.165, 1.54) is 10.6 Å². The second kappa shape index (κ2) is 7.37. The van der Waals surface area contributed by atoms with Crippen LogP contribution in [0.15, 0.2) is 12.1 Å². The quantitative estimate of drug-likeness (QED) is 0.760. The lowest BCUT2D eigenvalue weighted by Crippen LogP contribution is -2.47. The highest BCUT2D eigenvalue weighted by atomic mass is 32.2. The molecule has 0 radical (unpaired) electrons. The molecule has 1 aromatic rings. The van der Waals surface area contributed by atoms with Crippen LogP contribution in [0.25, 0.3) is 0 Å². The Morgan fingerprint density at radius 2 is 1.48 bits per heavy atom. The summed E-state index contributed by atoms with van der Waals surface area (Å²) in [7, 11) is 1.65. The summed E-state index contributed by atoms with van der Waals surface area (Å²) >= 11 is 0. The van der Waals surface area contributed by atoms with Gasteiger partial charge in [0.1, 0.15) is 0 Å². The van der Waals surface area contributed by atoms with Crippen LogP contribution >= 0.6 is 0 Å². The number of piperazine rings is 1. The van der Waals surface area contributed by atoms with Gasteiger partial charge in [-0.3, -0.25) is 4.90 Å². The van der Waals surface area contributed by atoms with Crippen LogP contribution in [0.1, 0.15) is 5.56 Å². The molecular weight excluding hydrogens is 320 g/mol. The molecule has 8 heteroatoms. The molecule has 1 aliphatic rings. The Morgan fingerprint density at radius 1 is 0.957 bits per heavy atom. The van der Waals surface area contributed by atoms with Crippen molar-refractivity contribution in [2.75, 3.05) is 53.8 Å². The second-order valence-electron chi connectivity index (χ2n) is 5.47. The van der Waals surface area contributed by atoms with Crippen LogP contribution in [-0.2, 0) is 16.6 Å². The van der Waals surface area contributed by atoms with E-state index in [1.54, 1.807) is 21.3 Å². The minimum absolute atomic E-state index is 0.517. The summed E-state index contributed by atoms with van der Waals surface area (Å²) in [5.74, 6) is 1.81. The lowest BCUT2D eigenvalue weighted by atomic mass is 10.1. The van der Waals surface area contributed by atoms with Gasteiger partial charge < -0.3 is 14.2 Å². The normalized spacial score (nSPS) is 17.0. The van der Waals surface area contributed by atoms with E-state index in [1.807, 2.05) is 12.1 Å². The van der Waals surface area contributed by atoms with Crippen LogP contribution in [0, 0.1) is 0 Å². The first-order valence-corrected chi connectivity index (χ1v) is 9.20. The van der Waals surface area contributed by atoms with Gasteiger partial charge in [0.05, 0.1) is 27.6 Å². The predicted octanol–water partition coefficient (Wildman–Crippen LogP) is 0.790. The molecule has 1 heterocycles. The van der Waals surface area contributed by atoms with Crippen molar-refractivity contribution in [2.24, 2.45) is 0 Å². The average molecular weight is 344 g/mol. The highest BCUT2D eigenvalue weighted by Crippen LogP contribution is 2.38. The van der Waals surface area contributed by atoms with Crippen LogP contribution < -0.4 is 14.2 Å². The maximum Gasteiger partial charge on any atom is 0.211 e. The van der Waals surface area contributed by atoms with Gasteiger partial charge in [-0.25, -0.2) is 8.42 Å². The predicted molar refractivity (Wildman–Crippen MR) is 87.8 cm³/mol. The second-order valence-corrected chi connectivity index (χ2v) is 7.45. The van der Waals surface area contributed by atoms with Crippen LogP contribution in [0.2, 0.25) is 0 Å². The third kappa shape index (κ3) is 4.27. The zero-order valence-electron chi connectivity index (χ0n) is 14.0. The number of ether oxygens (including phenoxy) is 3. The number of hydrogen-bond donors (Lipinski definition) is 0. The van der Waals surface area contributed by atoms with E-state index >= 15 is 0 Å². The molecule has 0 saturated carbocycles. The summed E-state index contributed by atoms with van der Waals surface area (Å²) in [6, 6.07) is 3.84. The largest absolute Gasteiger partial charge is 0.493 e. The fourth-order valence-corrected chi connectivity index (χ4v) is 3.53. The molecule has 0 N–H and O–H groups in total. The van der Waals surface area contributed by atoms with E-state index in [2.05, 4.69) is 4.90 Å². The fourth-order valence-electron chi connectivity index (χ4n) is 2.70. The Bertz CT molecular complexity index is 614. The Morgan fingerprint density at radius 3 is 1.87 bits per heavy atom. The van der Waals surface area contributed by atoms with Gasteiger partial charge in [0, 0.05) is 32.7 Å². The third-order valence-electron chi connectivity index (χ3n) is 3.93. The highest BCUT2D eigenvalue weighted by molar-refractivity contribution is 7.88. The zero-order valence-corrected chi connectivity index (χ0v) is 14.9. The van der Waals surface area contributed by atoms with Crippen molar-refractivity contribution in [1.29, 1.82) is 0 Å². The van der Waals surface area contributed by atoms with Gasteiger partial charge in [-0.2, -0.15) is 4.31 Å². The van der Waals surface area contributed by atoms with Crippen molar-refractivity contribution in [3.8, 4) is 17.2 Å². The van der Waals surface area contributed by atoms with Crippen LogP contribution in [0.3, 0.4) is 0 Å². The number of hydrogen-bond acceptors (Lipinski definition) is 6. The zero-order chi connectivity index (χ0) is 17.0. The van der Waals surface area contributed by atoms with Crippen LogP contribution in [0.5, 0.6) is 17.2 Å². The van der Waals surface area contributed by atoms with Crippen LogP contribution in [0.4, 0.5) is 0 Å². The molecule has 1 fully saturated rings. The van der Waals surface area contributed by atoms with Crippen molar-refractivity contribution in [2.45, 2.75) is 6.54 Å². The van der Waals surface area contributed by atoms with E-state index in [4.69, 9.17) is 14.2 Å². The molecule has 0 bridgehead atoms. The molecule has 2 rings (SSSR count). The minimum atomic E-state index is -3.10. The summed E-state index contributed by atoms with van der Waals surface area (Å²) < 4.78 is 40.6. The van der Waals surface area contributed by atoms with Crippen molar-refractivity contribution in [3.05, 3.63) is 17.7 Å². The first-order chi connectivity index (χ1) is 10.9. The van der Waals surface area contributed by atoms with Gasteiger partial charge in [0.25, 0.3) is 0 Å². The Hall–Kier alpha value is -1.51. The van der Waals surface area contributed by atoms with Gasteiger partial charge in [0.2, 0.25) is 15.8 Å². The molecule has 23 heavy (non-hydrogen) atoms. The summed E-state index contributed by atoms with van der Waals surface area (Å²) in [5, 5.41) is 0. The van der Waals surface area contributed by atoms with Gasteiger partial charge in [-0.15, -0.1) is 0 Å². The molecule has 1 saturated heterocycles. The van der Waals surface area contributed by atoms with E-state index in [-0.39, 0.29) is 0 Å². The maximum atomic E-state index is 11.5. The molecule has 1 aliphatic heterocycles. The van der Waals surface area contributed by atoms with Gasteiger partial charge >= 0.3 is 0 Å². The number of methoxy groups -OCH3 is 3. The lowest BCUT2D eigenvalue weighted by Gasteiger charge is -2.33. The summed E-state index contributed by atoms with van der Waals surface area (Å²) in [5.41, 5.74) is 1.03. The summed E-state index contributed by atoms with van der Waals surface area (Å²) in [6.45, 7) is 3.13. The molecule has 0 aromatic heterocycles. The molecule has 7 nitrogen and oxygen atoms in total. The van der Waals surface area contributed by atoms with Gasteiger partial charge in [-0.05, 0) is 17.7 Å². The summed E-state index contributed by atoms with van der Waals surface area (Å²) in [4.78, 5) is 2.21. The van der Waals surface area contributed by atoms with E-state index in [0.717, 1.165) is 5.56 Å². The van der Waals surface area contributed by atoms with Crippen LogP contribution in [-0.4, -0.2) is 71.4 Å². The SMILES string of the molecule is COc1cc(CN2CCN(S(C)(=O)=O)CC2)cc(OC)c1OC. The van der Waals surface area contributed by atoms with Crippen molar-refractivity contribution in [1.82, 2.24) is 9.21 Å². The molecule has 130 valence electrons. The molecule has 1 aromatic carbocycles. The monoisotopic (exact) mass is 344 g/mol. The summed E-state index contributed by atoms with van der Waals surface area (Å²) in [6.07, 6.45) is 1.25. The van der Waals surface area contributed by atoms with E-state index in [9.17, 15) is 8.42 Å². The van der Waals surface area contributed by atoms with Gasteiger partial charge in [0.15, 0.2) is 11.5 Å². The number of nitrogens with zero attached hydrogens (tertiary/aromatic N) is 2. The number of sulfonamides is 1. The topological polar surface area (TPSA) is 68.3 Å². The number of rotatable bonds is 6. The third-order valence-corrected chi connectivity index (χ3v) is 5.23. The first-order valence-electron chi connectivity index (χ1n) is 7.35. The minimum Gasteiger partial charge on any atom is -0.493 e. The van der Waals surface area contributed by atoms with Crippen molar-refractivity contribution < 1.29 is 22.6 Å². The Balaban J connectivity index is 2.09. The molecule has 0 aliphatic carbocycles. The van der Waals surface area contributed by atoms with Crippen molar-refractivity contribution in [3.63, 3.8) is 0 Å². The highest BCUT2D eigenvalue weighted by Gasteiger charge is 2.24. The average Bonchev–Trinajstić information content (AvgIpc) is 2.53. The molecule has 0 unspecified atom stereocenters. The van der Waals surface area contributed by atoms with E-state index in [0.29, 0.717) is 50.0 Å².